The molecule has 2 atom stereocenters. The Hall–Kier alpha value is -2.17. The number of ether oxygens (including phenoxy) is 2. The third-order valence-corrected chi connectivity index (χ3v) is 6.89. The van der Waals surface area contributed by atoms with Gasteiger partial charge in [0.25, 0.3) is 5.91 Å². The van der Waals surface area contributed by atoms with Crippen LogP contribution in [-0.2, 0) is 21.5 Å². The highest BCUT2D eigenvalue weighted by molar-refractivity contribution is 5.95. The van der Waals surface area contributed by atoms with Crippen LogP contribution >= 0.6 is 0 Å². The van der Waals surface area contributed by atoms with Crippen LogP contribution in [0.15, 0.2) is 48.5 Å². The van der Waals surface area contributed by atoms with Crippen LogP contribution in [-0.4, -0.2) is 43.2 Å². The maximum absolute atomic E-state index is 13.2. The molecule has 3 aliphatic rings. The van der Waals surface area contributed by atoms with Crippen molar-refractivity contribution in [2.24, 2.45) is 5.92 Å². The highest BCUT2D eigenvalue weighted by atomic mass is 16.5. The van der Waals surface area contributed by atoms with Crippen molar-refractivity contribution in [3.05, 3.63) is 70.8 Å². The van der Waals surface area contributed by atoms with Crippen LogP contribution in [0.3, 0.4) is 0 Å². The molecule has 4 nitrogen and oxygen atoms in total. The lowest BCUT2D eigenvalue weighted by Gasteiger charge is -2.23. The Morgan fingerprint density at radius 3 is 2.76 bits per heavy atom. The summed E-state index contributed by atoms with van der Waals surface area (Å²) in [4.78, 5) is 15.2. The van der Waals surface area contributed by atoms with Gasteiger partial charge in [0.05, 0.1) is 12.7 Å². The first kappa shape index (κ1) is 18.8. The van der Waals surface area contributed by atoms with Gasteiger partial charge < -0.3 is 14.4 Å². The fourth-order valence-corrected chi connectivity index (χ4v) is 5.00. The van der Waals surface area contributed by atoms with Gasteiger partial charge in [0.1, 0.15) is 0 Å². The molecule has 2 saturated heterocycles. The summed E-state index contributed by atoms with van der Waals surface area (Å²) >= 11 is 0. The Labute approximate surface area is 172 Å². The number of rotatable bonds is 5. The van der Waals surface area contributed by atoms with Crippen LogP contribution in [0.2, 0.25) is 0 Å². The minimum Gasteiger partial charge on any atom is -0.381 e. The summed E-state index contributed by atoms with van der Waals surface area (Å²) in [6.45, 7) is 5.94. The molecule has 29 heavy (non-hydrogen) atoms. The lowest BCUT2D eigenvalue weighted by Crippen LogP contribution is -2.32. The molecule has 1 saturated carbocycles. The predicted octanol–water partition coefficient (Wildman–Crippen LogP) is 4.10. The largest absolute Gasteiger partial charge is 0.381 e. The van der Waals surface area contributed by atoms with E-state index in [4.69, 9.17) is 9.47 Å². The smallest absolute Gasteiger partial charge is 0.253 e. The summed E-state index contributed by atoms with van der Waals surface area (Å²) in [6.07, 6.45) is 3.38. The summed E-state index contributed by atoms with van der Waals surface area (Å²) in [5.41, 5.74) is 4.71. The molecule has 1 aliphatic carbocycles. The number of carbonyl (C=O) groups is 1. The highest BCUT2D eigenvalue weighted by Crippen LogP contribution is 2.59. The molecule has 0 aromatic heterocycles. The molecule has 3 fully saturated rings. The Morgan fingerprint density at radius 1 is 1.17 bits per heavy atom. The minimum atomic E-state index is 0.150. The lowest BCUT2D eigenvalue weighted by molar-refractivity contribution is -0.0390. The highest BCUT2D eigenvalue weighted by Gasteiger charge is 2.61. The van der Waals surface area contributed by atoms with Crippen LogP contribution in [0.4, 0.5) is 0 Å². The minimum absolute atomic E-state index is 0.150. The zero-order valence-corrected chi connectivity index (χ0v) is 17.1. The Kier molecular flexibility index (Phi) is 4.92. The topological polar surface area (TPSA) is 38.8 Å². The molecule has 2 aromatic rings. The summed E-state index contributed by atoms with van der Waals surface area (Å²) < 4.78 is 11.4. The summed E-state index contributed by atoms with van der Waals surface area (Å²) in [6, 6.07) is 16.8. The maximum atomic E-state index is 13.2. The van der Waals surface area contributed by atoms with Gasteiger partial charge in [-0.3, -0.25) is 4.79 Å². The molecule has 0 radical (unpaired) electrons. The molecule has 152 valence electrons. The number of fused-ring (bicyclic) bond motifs is 1. The molecule has 2 unspecified atom stereocenters. The molecule has 0 spiro atoms. The number of carbonyl (C=O) groups excluding carboxylic acids is 1. The van der Waals surface area contributed by atoms with Gasteiger partial charge in [-0.05, 0) is 55.4 Å². The summed E-state index contributed by atoms with van der Waals surface area (Å²) in [5.74, 6) is 0.755. The van der Waals surface area contributed by atoms with Crippen LogP contribution in [0, 0.1) is 12.8 Å². The second-order valence-electron chi connectivity index (χ2n) is 8.93. The van der Waals surface area contributed by atoms with Crippen molar-refractivity contribution in [2.45, 2.75) is 44.3 Å². The van der Waals surface area contributed by atoms with Crippen molar-refractivity contribution >= 4 is 5.91 Å². The van der Waals surface area contributed by atoms with Gasteiger partial charge >= 0.3 is 0 Å². The number of aryl methyl sites for hydroxylation is 1. The molecule has 2 heterocycles. The van der Waals surface area contributed by atoms with E-state index in [0.29, 0.717) is 12.5 Å². The average Bonchev–Trinajstić information content (AvgIpc) is 3.34. The van der Waals surface area contributed by atoms with Gasteiger partial charge in [-0.25, -0.2) is 0 Å². The van der Waals surface area contributed by atoms with E-state index in [2.05, 4.69) is 31.2 Å². The summed E-state index contributed by atoms with van der Waals surface area (Å²) in [5, 5.41) is 0. The Morgan fingerprint density at radius 2 is 1.97 bits per heavy atom. The SMILES string of the molecule is Cc1ccc(C23CC2CN(C(=O)c2cccc(COC4CCOCC4)c2)C3)cc1. The molecular formula is C25H29NO3. The first-order valence-electron chi connectivity index (χ1n) is 10.8. The van der Waals surface area contributed by atoms with Crippen LogP contribution in [0.5, 0.6) is 0 Å². The van der Waals surface area contributed by atoms with Crippen molar-refractivity contribution in [1.29, 1.82) is 0 Å². The Balaban J connectivity index is 1.24. The molecule has 4 heteroatoms. The lowest BCUT2D eigenvalue weighted by atomic mass is 9.94. The van der Waals surface area contributed by atoms with Gasteiger partial charge in [0.15, 0.2) is 0 Å². The fourth-order valence-electron chi connectivity index (χ4n) is 5.00. The number of amides is 1. The number of piperidine rings is 1. The fraction of sp³-hybridized carbons (Fsp3) is 0.480. The van der Waals surface area contributed by atoms with Crippen molar-refractivity contribution in [3.8, 4) is 0 Å². The van der Waals surface area contributed by atoms with E-state index in [1.165, 1.54) is 17.5 Å². The molecule has 0 bridgehead atoms. The second kappa shape index (κ2) is 7.58. The standard InChI is InChI=1S/C25H29NO3/c1-18-5-7-21(8-6-18)25-14-22(25)15-26(17-25)24(27)20-4-2-3-19(13-20)16-29-23-9-11-28-12-10-23/h2-8,13,22-23H,9-12,14-17H2,1H3. The van der Waals surface area contributed by atoms with E-state index in [1.807, 2.05) is 29.2 Å². The average molecular weight is 392 g/mol. The zero-order valence-electron chi connectivity index (χ0n) is 17.1. The maximum Gasteiger partial charge on any atom is 0.253 e. The van der Waals surface area contributed by atoms with Gasteiger partial charge in [0.2, 0.25) is 0 Å². The van der Waals surface area contributed by atoms with Gasteiger partial charge in [0, 0.05) is 37.3 Å². The van der Waals surface area contributed by atoms with Gasteiger partial charge in [-0.15, -0.1) is 0 Å². The summed E-state index contributed by atoms with van der Waals surface area (Å²) in [7, 11) is 0. The molecular weight excluding hydrogens is 362 g/mol. The van der Waals surface area contributed by atoms with E-state index < -0.39 is 0 Å². The number of hydrogen-bond donors (Lipinski definition) is 0. The normalized spacial score (nSPS) is 26.4. The van der Waals surface area contributed by atoms with E-state index in [9.17, 15) is 4.79 Å². The van der Waals surface area contributed by atoms with E-state index in [0.717, 1.165) is 50.3 Å². The van der Waals surface area contributed by atoms with Crippen molar-refractivity contribution in [3.63, 3.8) is 0 Å². The third kappa shape index (κ3) is 3.72. The van der Waals surface area contributed by atoms with E-state index in [1.54, 1.807) is 0 Å². The first-order valence-corrected chi connectivity index (χ1v) is 10.8. The molecule has 2 aliphatic heterocycles. The molecule has 0 N–H and O–H groups in total. The molecule has 5 rings (SSSR count). The van der Waals surface area contributed by atoms with E-state index in [-0.39, 0.29) is 17.4 Å². The number of benzene rings is 2. The number of likely N-dealkylation sites (tertiary alicyclic amines) is 1. The van der Waals surface area contributed by atoms with E-state index >= 15 is 0 Å². The van der Waals surface area contributed by atoms with Crippen molar-refractivity contribution in [1.82, 2.24) is 4.90 Å². The van der Waals surface area contributed by atoms with Crippen LogP contribution in [0.25, 0.3) is 0 Å². The Bertz CT molecular complexity index is 887. The zero-order chi connectivity index (χ0) is 19.8. The second-order valence-corrected chi connectivity index (χ2v) is 8.93. The van der Waals surface area contributed by atoms with Crippen LogP contribution in [0.1, 0.15) is 46.3 Å². The van der Waals surface area contributed by atoms with Gasteiger partial charge in [-0.1, -0.05) is 42.0 Å². The third-order valence-electron chi connectivity index (χ3n) is 6.89. The predicted molar refractivity (Wildman–Crippen MR) is 112 cm³/mol. The molecule has 1 amide bonds. The number of nitrogens with zero attached hydrogens (tertiary/aromatic N) is 1. The van der Waals surface area contributed by atoms with Crippen molar-refractivity contribution < 1.29 is 14.3 Å². The number of hydrogen-bond acceptors (Lipinski definition) is 3. The quantitative estimate of drug-likeness (QED) is 0.770. The monoisotopic (exact) mass is 391 g/mol. The van der Waals surface area contributed by atoms with Crippen LogP contribution < -0.4 is 0 Å². The first-order chi connectivity index (χ1) is 14.1. The van der Waals surface area contributed by atoms with Crippen molar-refractivity contribution in [2.75, 3.05) is 26.3 Å². The van der Waals surface area contributed by atoms with Gasteiger partial charge in [-0.2, -0.15) is 0 Å². The molecule has 2 aromatic carbocycles.